The van der Waals surface area contributed by atoms with Gasteiger partial charge in [0, 0.05) is 0 Å². The lowest BCUT2D eigenvalue weighted by Gasteiger charge is -2.18. The first-order chi connectivity index (χ1) is 3.93. The predicted molar refractivity (Wildman–Crippen MR) is 46.8 cm³/mol. The average Bonchev–Trinajstić information content (AvgIpc) is 1.90. The third kappa shape index (κ3) is 3.28. The molecule has 1 heteroatoms. The quantitative estimate of drug-likeness (QED) is 0.490. The molecule has 0 radical (unpaired) electrons. The van der Waals surface area contributed by atoms with Gasteiger partial charge in [-0.25, -0.2) is 0 Å². The molecule has 0 nitrogen and oxygen atoms in total. The van der Waals surface area contributed by atoms with E-state index in [9.17, 15) is 0 Å². The molecule has 0 N–H and O–H groups in total. The summed E-state index contributed by atoms with van der Waals surface area (Å²) in [4.78, 5) is 0. The molecule has 0 atom stereocenters. The highest BCUT2D eigenvalue weighted by atomic mass is 27.0. The van der Waals surface area contributed by atoms with E-state index in [4.69, 9.17) is 0 Å². The molecule has 0 aromatic rings. The second-order valence-corrected chi connectivity index (χ2v) is 2.91. The molecule has 0 spiro atoms. The molecular formula is C8H19Al. The summed E-state index contributed by atoms with van der Waals surface area (Å²) in [6.45, 7) is 2.32. The van der Waals surface area contributed by atoms with E-state index in [1.165, 1.54) is 38.5 Å². The van der Waals surface area contributed by atoms with Crippen LogP contribution < -0.4 is 0 Å². The third-order valence-corrected chi connectivity index (χ3v) is 2.30. The Bertz CT molecular complexity index is 55.6. The van der Waals surface area contributed by atoms with Crippen LogP contribution in [0.15, 0.2) is 0 Å². The zero-order valence-corrected chi connectivity index (χ0v) is 5.82. The van der Waals surface area contributed by atoms with Crippen LogP contribution in [0, 0.1) is 5.92 Å². The molecule has 0 aromatic carbocycles. The summed E-state index contributed by atoms with van der Waals surface area (Å²) in [7, 11) is 0. The van der Waals surface area contributed by atoms with Crippen LogP contribution >= 0.6 is 0 Å². The highest BCUT2D eigenvalue weighted by molar-refractivity contribution is 5.75. The zero-order valence-electron chi connectivity index (χ0n) is 5.82. The topological polar surface area (TPSA) is 0 Å². The third-order valence-electron chi connectivity index (χ3n) is 2.30. The lowest BCUT2D eigenvalue weighted by molar-refractivity contribution is 0.349. The van der Waals surface area contributed by atoms with Gasteiger partial charge in [0.15, 0.2) is 17.4 Å². The minimum atomic E-state index is 0. The summed E-state index contributed by atoms with van der Waals surface area (Å²) in [5.74, 6) is 1.09. The van der Waals surface area contributed by atoms with Gasteiger partial charge in [0.1, 0.15) is 0 Å². The maximum Gasteiger partial charge on any atom is 0.187 e. The van der Waals surface area contributed by atoms with Gasteiger partial charge in [0.2, 0.25) is 0 Å². The van der Waals surface area contributed by atoms with Gasteiger partial charge in [0.05, 0.1) is 0 Å². The van der Waals surface area contributed by atoms with Crippen molar-refractivity contribution in [2.75, 3.05) is 0 Å². The van der Waals surface area contributed by atoms with Crippen molar-refractivity contribution in [1.82, 2.24) is 0 Å². The van der Waals surface area contributed by atoms with E-state index in [0.29, 0.717) is 0 Å². The Morgan fingerprint density at radius 1 is 1.11 bits per heavy atom. The lowest BCUT2D eigenvalue weighted by Crippen LogP contribution is -2.03. The van der Waals surface area contributed by atoms with Crippen LogP contribution in [-0.4, -0.2) is 17.4 Å². The van der Waals surface area contributed by atoms with Crippen LogP contribution in [0.5, 0.6) is 0 Å². The number of rotatable bonds is 1. The van der Waals surface area contributed by atoms with Gasteiger partial charge in [-0.1, -0.05) is 45.4 Å². The summed E-state index contributed by atoms with van der Waals surface area (Å²) < 4.78 is 0. The molecule has 0 heterocycles. The van der Waals surface area contributed by atoms with Crippen molar-refractivity contribution in [2.24, 2.45) is 5.92 Å². The second-order valence-electron chi connectivity index (χ2n) is 2.91. The fourth-order valence-corrected chi connectivity index (χ4v) is 1.60. The number of hydrogen-bond acceptors (Lipinski definition) is 0. The zero-order chi connectivity index (χ0) is 5.82. The van der Waals surface area contributed by atoms with Gasteiger partial charge in [-0.05, 0) is 5.92 Å². The Kier molecular flexibility index (Phi) is 5.64. The minimum Gasteiger partial charge on any atom is -0.0651 e. The van der Waals surface area contributed by atoms with Crippen molar-refractivity contribution in [3.8, 4) is 0 Å². The molecule has 1 fully saturated rings. The van der Waals surface area contributed by atoms with Crippen molar-refractivity contribution in [1.29, 1.82) is 0 Å². The molecule has 0 amide bonds. The van der Waals surface area contributed by atoms with E-state index >= 15 is 0 Å². The van der Waals surface area contributed by atoms with Crippen LogP contribution in [0.2, 0.25) is 0 Å². The Morgan fingerprint density at radius 3 is 2.00 bits per heavy atom. The fraction of sp³-hybridized carbons (Fsp3) is 1.00. The van der Waals surface area contributed by atoms with Crippen molar-refractivity contribution in [3.05, 3.63) is 0 Å². The van der Waals surface area contributed by atoms with Gasteiger partial charge >= 0.3 is 0 Å². The van der Waals surface area contributed by atoms with Crippen LogP contribution in [0.4, 0.5) is 0 Å². The second kappa shape index (κ2) is 5.33. The molecule has 9 heavy (non-hydrogen) atoms. The first kappa shape index (κ1) is 9.53. The normalized spacial score (nSPS) is 21.0. The van der Waals surface area contributed by atoms with E-state index in [1.54, 1.807) is 0 Å². The highest BCUT2D eigenvalue weighted by Crippen LogP contribution is 2.25. The van der Waals surface area contributed by atoms with Crippen LogP contribution in [0.1, 0.15) is 45.4 Å². The Labute approximate surface area is 69.2 Å². The summed E-state index contributed by atoms with van der Waals surface area (Å²) >= 11 is 0. The first-order valence-corrected chi connectivity index (χ1v) is 3.93. The molecule has 0 aliphatic heterocycles. The molecule has 54 valence electrons. The molecule has 1 saturated carbocycles. The largest absolute Gasteiger partial charge is 0.187 e. The molecule has 0 saturated heterocycles. The lowest BCUT2D eigenvalue weighted by atomic mass is 9.88. The van der Waals surface area contributed by atoms with Crippen molar-refractivity contribution in [2.45, 2.75) is 45.4 Å². The van der Waals surface area contributed by atoms with E-state index in [-0.39, 0.29) is 17.4 Å². The Hall–Kier alpha value is 0.532. The van der Waals surface area contributed by atoms with Gasteiger partial charge in [-0.2, -0.15) is 0 Å². The number of hydrogen-bond donors (Lipinski definition) is 0. The van der Waals surface area contributed by atoms with Crippen molar-refractivity contribution < 1.29 is 0 Å². The summed E-state index contributed by atoms with van der Waals surface area (Å²) in [6.07, 6.45) is 8.93. The fourth-order valence-electron chi connectivity index (χ4n) is 1.60. The Balaban J connectivity index is 0.000000640. The van der Waals surface area contributed by atoms with Gasteiger partial charge in [0.25, 0.3) is 0 Å². The molecule has 0 unspecified atom stereocenters. The highest BCUT2D eigenvalue weighted by Gasteiger charge is 2.09. The van der Waals surface area contributed by atoms with E-state index in [0.717, 1.165) is 5.92 Å². The van der Waals surface area contributed by atoms with E-state index in [2.05, 4.69) is 6.92 Å². The smallest absolute Gasteiger partial charge is 0.0651 e. The van der Waals surface area contributed by atoms with Gasteiger partial charge < -0.3 is 0 Å². The maximum atomic E-state index is 2.32. The molecule has 0 aromatic heterocycles. The van der Waals surface area contributed by atoms with Crippen molar-refractivity contribution >= 4 is 17.4 Å². The first-order valence-electron chi connectivity index (χ1n) is 3.93. The molecule has 1 rings (SSSR count). The summed E-state index contributed by atoms with van der Waals surface area (Å²) in [6, 6.07) is 0. The van der Waals surface area contributed by atoms with E-state index < -0.39 is 0 Å². The SMILES string of the molecule is CCC1CCCCC1.[AlH3]. The van der Waals surface area contributed by atoms with Crippen molar-refractivity contribution in [3.63, 3.8) is 0 Å². The van der Waals surface area contributed by atoms with Gasteiger partial charge in [-0.15, -0.1) is 0 Å². The molecule has 0 bridgehead atoms. The Morgan fingerprint density at radius 2 is 1.67 bits per heavy atom. The maximum absolute atomic E-state index is 2.32. The van der Waals surface area contributed by atoms with E-state index in [1.807, 2.05) is 0 Å². The van der Waals surface area contributed by atoms with Gasteiger partial charge in [-0.3, -0.25) is 0 Å². The summed E-state index contributed by atoms with van der Waals surface area (Å²) in [5, 5.41) is 0. The predicted octanol–water partition coefficient (Wildman–Crippen LogP) is 1.79. The molecule has 1 aliphatic carbocycles. The molecule has 1 aliphatic rings. The minimum absolute atomic E-state index is 0. The standard InChI is InChI=1S/C8H16.Al.3H/c1-2-8-6-4-3-5-7-8;;;;/h8H,2-7H2,1H3;;;;. The monoisotopic (exact) mass is 142 g/mol. The van der Waals surface area contributed by atoms with Crippen LogP contribution in [0.25, 0.3) is 0 Å². The average molecular weight is 142 g/mol. The van der Waals surface area contributed by atoms with Crippen LogP contribution in [0.3, 0.4) is 0 Å². The van der Waals surface area contributed by atoms with Crippen LogP contribution in [-0.2, 0) is 0 Å². The molecular weight excluding hydrogens is 123 g/mol. The summed E-state index contributed by atoms with van der Waals surface area (Å²) in [5.41, 5.74) is 0.